The largest absolute Gasteiger partial charge is 0.493 e. The second-order valence-corrected chi connectivity index (χ2v) is 6.64. The number of nitrogens with two attached hydrogens (primary N) is 1. The van der Waals surface area contributed by atoms with Crippen LogP contribution < -0.4 is 24.7 Å². The number of hydrogen-bond donors (Lipinski definition) is 1. The summed E-state index contributed by atoms with van der Waals surface area (Å²) in [6.45, 7) is 0. The molecule has 2 rings (SSSR count). The maximum Gasteiger partial charge on any atom is 0.161 e. The summed E-state index contributed by atoms with van der Waals surface area (Å²) in [5.41, 5.74) is 8.22. The van der Waals surface area contributed by atoms with Gasteiger partial charge in [0.05, 0.1) is 34.5 Å². The molecule has 5 nitrogen and oxygen atoms in total. The second kappa shape index (κ2) is 8.09. The van der Waals surface area contributed by atoms with E-state index in [1.807, 2.05) is 24.3 Å². The van der Waals surface area contributed by atoms with Gasteiger partial charge in [-0.2, -0.15) is 0 Å². The molecule has 7 heteroatoms. The first-order chi connectivity index (χ1) is 11.5. The summed E-state index contributed by atoms with van der Waals surface area (Å²) < 4.78 is 23.0. The van der Waals surface area contributed by atoms with Crippen molar-refractivity contribution in [2.24, 2.45) is 5.73 Å². The molecule has 0 aromatic heterocycles. The van der Waals surface area contributed by atoms with E-state index in [9.17, 15) is 0 Å². The average molecular weight is 461 g/mol. The van der Waals surface area contributed by atoms with Gasteiger partial charge in [0, 0.05) is 8.95 Å². The molecule has 0 radical (unpaired) electrons. The molecule has 2 aromatic rings. The summed E-state index contributed by atoms with van der Waals surface area (Å²) in [6.07, 6.45) is 0. The number of ether oxygens (including phenoxy) is 4. The maximum atomic E-state index is 6.50. The monoisotopic (exact) mass is 459 g/mol. The predicted molar refractivity (Wildman–Crippen MR) is 101 cm³/mol. The molecule has 0 heterocycles. The van der Waals surface area contributed by atoms with Crippen molar-refractivity contribution in [3.05, 3.63) is 44.3 Å². The number of methoxy groups -OCH3 is 4. The summed E-state index contributed by atoms with van der Waals surface area (Å²) in [4.78, 5) is 0. The van der Waals surface area contributed by atoms with Gasteiger partial charge in [-0.25, -0.2) is 0 Å². The van der Waals surface area contributed by atoms with E-state index in [2.05, 4.69) is 31.9 Å². The Hall–Kier alpha value is -1.44. The van der Waals surface area contributed by atoms with Crippen molar-refractivity contribution in [1.29, 1.82) is 0 Å². The summed E-state index contributed by atoms with van der Waals surface area (Å²) in [6, 6.07) is 6.98. The molecule has 0 spiro atoms. The molecule has 0 aliphatic heterocycles. The van der Waals surface area contributed by atoms with Gasteiger partial charge in [-0.05, 0) is 35.4 Å². The van der Waals surface area contributed by atoms with Crippen molar-refractivity contribution in [3.8, 4) is 23.0 Å². The fourth-order valence-corrected chi connectivity index (χ4v) is 3.52. The molecule has 0 unspecified atom stereocenters. The van der Waals surface area contributed by atoms with Crippen LogP contribution in [0.5, 0.6) is 23.0 Å². The van der Waals surface area contributed by atoms with Crippen LogP contribution >= 0.6 is 31.9 Å². The molecule has 2 N–H and O–H groups in total. The van der Waals surface area contributed by atoms with Crippen LogP contribution in [0.15, 0.2) is 33.2 Å². The molecule has 0 saturated carbocycles. The van der Waals surface area contributed by atoms with E-state index in [-0.39, 0.29) is 0 Å². The average Bonchev–Trinajstić information content (AvgIpc) is 2.60. The van der Waals surface area contributed by atoms with Crippen molar-refractivity contribution in [1.82, 2.24) is 0 Å². The quantitative estimate of drug-likeness (QED) is 0.696. The van der Waals surface area contributed by atoms with Crippen molar-refractivity contribution in [2.45, 2.75) is 6.04 Å². The van der Waals surface area contributed by atoms with Gasteiger partial charge in [0.1, 0.15) is 0 Å². The Labute approximate surface area is 158 Å². The first-order valence-electron chi connectivity index (χ1n) is 7.05. The fraction of sp³-hybridized carbons (Fsp3) is 0.294. The van der Waals surface area contributed by atoms with Gasteiger partial charge < -0.3 is 24.7 Å². The zero-order chi connectivity index (χ0) is 17.9. The Balaban J connectivity index is 2.54. The van der Waals surface area contributed by atoms with Gasteiger partial charge in [0.25, 0.3) is 0 Å². The third kappa shape index (κ3) is 3.63. The minimum absolute atomic E-state index is 0.409. The van der Waals surface area contributed by atoms with Gasteiger partial charge in [0.2, 0.25) is 0 Å². The van der Waals surface area contributed by atoms with Crippen LogP contribution in [0.1, 0.15) is 17.2 Å². The number of benzene rings is 2. The lowest BCUT2D eigenvalue weighted by Crippen LogP contribution is -2.14. The van der Waals surface area contributed by atoms with E-state index in [0.717, 1.165) is 20.1 Å². The minimum atomic E-state index is -0.409. The van der Waals surface area contributed by atoms with Gasteiger partial charge in [-0.15, -0.1) is 0 Å². The van der Waals surface area contributed by atoms with E-state index < -0.39 is 6.04 Å². The van der Waals surface area contributed by atoms with E-state index in [1.54, 1.807) is 28.4 Å². The van der Waals surface area contributed by atoms with Crippen molar-refractivity contribution >= 4 is 31.9 Å². The normalized spacial score (nSPS) is 10.7. The van der Waals surface area contributed by atoms with Gasteiger partial charge in [-0.3, -0.25) is 0 Å². The van der Waals surface area contributed by atoms with Crippen LogP contribution in [0.3, 0.4) is 0 Å². The minimum Gasteiger partial charge on any atom is -0.493 e. The third-order valence-corrected chi connectivity index (χ3v) is 5.05. The van der Waals surface area contributed by atoms with Crippen LogP contribution in [0.2, 0.25) is 0 Å². The number of halogens is 2. The van der Waals surface area contributed by atoms with E-state index in [4.69, 9.17) is 24.7 Å². The fourth-order valence-electron chi connectivity index (χ4n) is 2.38. The Morgan fingerprint density at radius 1 is 0.667 bits per heavy atom. The first-order valence-corrected chi connectivity index (χ1v) is 8.63. The molecule has 0 saturated heterocycles. The van der Waals surface area contributed by atoms with Crippen LogP contribution in [0.25, 0.3) is 0 Å². The highest BCUT2D eigenvalue weighted by molar-refractivity contribution is 9.10. The lowest BCUT2D eigenvalue weighted by molar-refractivity contribution is 0.353. The zero-order valence-corrected chi connectivity index (χ0v) is 17.0. The lowest BCUT2D eigenvalue weighted by atomic mass is 9.98. The molecule has 0 fully saturated rings. The molecular formula is C17H19Br2NO4. The number of hydrogen-bond acceptors (Lipinski definition) is 5. The first kappa shape index (κ1) is 18.9. The van der Waals surface area contributed by atoms with Gasteiger partial charge >= 0.3 is 0 Å². The van der Waals surface area contributed by atoms with Crippen molar-refractivity contribution < 1.29 is 18.9 Å². The van der Waals surface area contributed by atoms with Crippen molar-refractivity contribution in [3.63, 3.8) is 0 Å². The lowest BCUT2D eigenvalue weighted by Gasteiger charge is -2.20. The molecule has 0 atom stereocenters. The topological polar surface area (TPSA) is 62.9 Å². The van der Waals surface area contributed by atoms with E-state index >= 15 is 0 Å². The number of rotatable bonds is 6. The molecule has 130 valence electrons. The van der Waals surface area contributed by atoms with E-state index in [0.29, 0.717) is 23.0 Å². The third-order valence-electron chi connectivity index (χ3n) is 3.68. The Morgan fingerprint density at radius 2 is 0.958 bits per heavy atom. The molecule has 24 heavy (non-hydrogen) atoms. The Kier molecular flexibility index (Phi) is 6.37. The summed E-state index contributed by atoms with van der Waals surface area (Å²) in [5, 5.41) is 0. The summed E-state index contributed by atoms with van der Waals surface area (Å²) >= 11 is 7.10. The molecule has 0 bridgehead atoms. The maximum absolute atomic E-state index is 6.50. The predicted octanol–water partition coefficient (Wildman–Crippen LogP) is 4.29. The SMILES string of the molecule is COc1cc(Br)c(C(N)c2cc(OC)c(OC)cc2Br)cc1OC. The molecular weight excluding hydrogens is 442 g/mol. The summed E-state index contributed by atoms with van der Waals surface area (Å²) in [7, 11) is 6.37. The van der Waals surface area contributed by atoms with Gasteiger partial charge in [0.15, 0.2) is 23.0 Å². The van der Waals surface area contributed by atoms with E-state index in [1.165, 1.54) is 0 Å². The van der Waals surface area contributed by atoms with Crippen LogP contribution in [0.4, 0.5) is 0 Å². The zero-order valence-electron chi connectivity index (χ0n) is 13.9. The highest BCUT2D eigenvalue weighted by atomic mass is 79.9. The molecule has 2 aromatic carbocycles. The molecule has 0 aliphatic rings. The standard InChI is InChI=1S/C17H19Br2NO4/c1-21-13-5-9(11(18)7-15(13)23-3)17(20)10-6-14(22-2)16(24-4)8-12(10)19/h5-8,17H,20H2,1-4H3. The van der Waals surface area contributed by atoms with Gasteiger partial charge in [-0.1, -0.05) is 31.9 Å². The smallest absolute Gasteiger partial charge is 0.161 e. The molecule has 0 amide bonds. The van der Waals surface area contributed by atoms with Crippen LogP contribution in [-0.4, -0.2) is 28.4 Å². The van der Waals surface area contributed by atoms with Crippen LogP contribution in [0, 0.1) is 0 Å². The highest BCUT2D eigenvalue weighted by Gasteiger charge is 2.21. The van der Waals surface area contributed by atoms with Crippen LogP contribution in [-0.2, 0) is 0 Å². The Bertz CT molecular complexity index is 676. The van der Waals surface area contributed by atoms with Crippen molar-refractivity contribution in [2.75, 3.05) is 28.4 Å². The summed E-state index contributed by atoms with van der Waals surface area (Å²) in [5.74, 6) is 2.49. The highest BCUT2D eigenvalue weighted by Crippen LogP contribution is 2.41. The Morgan fingerprint density at radius 3 is 1.25 bits per heavy atom. The second-order valence-electron chi connectivity index (χ2n) is 4.94. The molecule has 0 aliphatic carbocycles.